The standard InChI is InChI=1S/C14H21NO3/c1-14(2,3)10-15-11-5-7-12(8-6-11)18-9-13(16)17-4/h5-8,15H,9-10H2,1-4H3. The summed E-state index contributed by atoms with van der Waals surface area (Å²) in [5.41, 5.74) is 1.27. The quantitative estimate of drug-likeness (QED) is 0.817. The second-order valence-corrected chi connectivity index (χ2v) is 5.30. The highest BCUT2D eigenvalue weighted by atomic mass is 16.6. The highest BCUT2D eigenvalue weighted by molar-refractivity contribution is 5.70. The van der Waals surface area contributed by atoms with Crippen LogP contribution < -0.4 is 10.1 Å². The molecule has 0 spiro atoms. The van der Waals surface area contributed by atoms with Crippen LogP contribution in [0.25, 0.3) is 0 Å². The highest BCUT2D eigenvalue weighted by Gasteiger charge is 2.09. The number of carbonyl (C=O) groups excluding carboxylic acids is 1. The Morgan fingerprint density at radius 1 is 1.22 bits per heavy atom. The second kappa shape index (κ2) is 6.28. The smallest absolute Gasteiger partial charge is 0.343 e. The first kappa shape index (κ1) is 14.4. The fourth-order valence-corrected chi connectivity index (χ4v) is 1.24. The third-order valence-electron chi connectivity index (χ3n) is 2.26. The van der Waals surface area contributed by atoms with E-state index in [-0.39, 0.29) is 18.0 Å². The molecule has 0 aliphatic heterocycles. The molecule has 4 nitrogen and oxygen atoms in total. The molecule has 0 aliphatic rings. The van der Waals surface area contributed by atoms with E-state index in [9.17, 15) is 4.79 Å². The maximum Gasteiger partial charge on any atom is 0.343 e. The van der Waals surface area contributed by atoms with Crippen LogP contribution in [0.1, 0.15) is 20.8 Å². The number of hydrogen-bond donors (Lipinski definition) is 1. The molecule has 1 aromatic rings. The van der Waals surface area contributed by atoms with Gasteiger partial charge in [0.2, 0.25) is 0 Å². The minimum absolute atomic E-state index is 0.0642. The fourth-order valence-electron chi connectivity index (χ4n) is 1.24. The van der Waals surface area contributed by atoms with Crippen molar-refractivity contribution >= 4 is 11.7 Å². The zero-order valence-electron chi connectivity index (χ0n) is 11.4. The molecule has 100 valence electrons. The van der Waals surface area contributed by atoms with Crippen molar-refractivity contribution in [2.24, 2.45) is 5.41 Å². The van der Waals surface area contributed by atoms with Gasteiger partial charge in [0, 0.05) is 12.2 Å². The van der Waals surface area contributed by atoms with Crippen LogP contribution in [-0.4, -0.2) is 26.2 Å². The summed E-state index contributed by atoms with van der Waals surface area (Å²) in [6.07, 6.45) is 0. The van der Waals surface area contributed by atoms with Crippen molar-refractivity contribution in [3.05, 3.63) is 24.3 Å². The molecule has 0 amide bonds. The predicted octanol–water partition coefficient (Wildman–Crippen LogP) is 2.70. The number of nitrogens with one attached hydrogen (secondary N) is 1. The zero-order chi connectivity index (χ0) is 13.6. The minimum Gasteiger partial charge on any atom is -0.482 e. The average molecular weight is 251 g/mol. The molecule has 0 bridgehead atoms. The largest absolute Gasteiger partial charge is 0.482 e. The molecule has 0 radical (unpaired) electrons. The molecule has 0 saturated heterocycles. The Labute approximate surface area is 108 Å². The number of hydrogen-bond acceptors (Lipinski definition) is 4. The molecule has 1 aromatic carbocycles. The first-order valence-corrected chi connectivity index (χ1v) is 5.94. The van der Waals surface area contributed by atoms with Gasteiger partial charge in [-0.3, -0.25) is 0 Å². The van der Waals surface area contributed by atoms with E-state index in [1.165, 1.54) is 7.11 Å². The van der Waals surface area contributed by atoms with Gasteiger partial charge in [-0.05, 0) is 29.7 Å². The lowest BCUT2D eigenvalue weighted by Gasteiger charge is -2.19. The van der Waals surface area contributed by atoms with Gasteiger partial charge >= 0.3 is 5.97 Å². The maximum atomic E-state index is 10.9. The molecular formula is C14H21NO3. The molecule has 0 fully saturated rings. The van der Waals surface area contributed by atoms with E-state index < -0.39 is 0 Å². The van der Waals surface area contributed by atoms with E-state index in [4.69, 9.17) is 4.74 Å². The van der Waals surface area contributed by atoms with E-state index >= 15 is 0 Å². The van der Waals surface area contributed by atoms with E-state index in [0.29, 0.717) is 5.75 Å². The third-order valence-corrected chi connectivity index (χ3v) is 2.26. The van der Waals surface area contributed by atoms with Crippen molar-refractivity contribution in [3.8, 4) is 5.75 Å². The van der Waals surface area contributed by atoms with Gasteiger partial charge in [-0.2, -0.15) is 0 Å². The van der Waals surface area contributed by atoms with E-state index in [1.54, 1.807) is 0 Å². The number of benzene rings is 1. The fraction of sp³-hybridized carbons (Fsp3) is 0.500. The van der Waals surface area contributed by atoms with E-state index in [0.717, 1.165) is 12.2 Å². The van der Waals surface area contributed by atoms with Crippen LogP contribution in [0.2, 0.25) is 0 Å². The summed E-state index contributed by atoms with van der Waals surface area (Å²) in [4.78, 5) is 10.9. The first-order chi connectivity index (χ1) is 8.40. The monoisotopic (exact) mass is 251 g/mol. The SMILES string of the molecule is COC(=O)COc1ccc(NCC(C)(C)C)cc1. The third kappa shape index (κ3) is 5.57. The molecule has 0 saturated carbocycles. The summed E-state index contributed by atoms with van der Waals surface area (Å²) >= 11 is 0. The van der Waals surface area contributed by atoms with E-state index in [1.807, 2.05) is 24.3 Å². The normalized spacial score (nSPS) is 10.9. The lowest BCUT2D eigenvalue weighted by Crippen LogP contribution is -2.18. The summed E-state index contributed by atoms with van der Waals surface area (Å²) in [6.45, 7) is 7.36. The van der Waals surface area contributed by atoms with Gasteiger partial charge in [-0.15, -0.1) is 0 Å². The van der Waals surface area contributed by atoms with Gasteiger partial charge in [-0.1, -0.05) is 20.8 Å². The Morgan fingerprint density at radius 2 is 1.83 bits per heavy atom. The molecule has 0 heterocycles. The first-order valence-electron chi connectivity index (χ1n) is 5.94. The van der Waals surface area contributed by atoms with Crippen LogP contribution in [0.3, 0.4) is 0 Å². The molecule has 0 atom stereocenters. The number of esters is 1. The summed E-state index contributed by atoms with van der Waals surface area (Å²) < 4.78 is 9.75. The summed E-state index contributed by atoms with van der Waals surface area (Å²) in [6, 6.07) is 7.51. The molecular weight excluding hydrogens is 230 g/mol. The molecule has 0 aromatic heterocycles. The van der Waals surface area contributed by atoms with Gasteiger partial charge in [0.1, 0.15) is 5.75 Å². The maximum absolute atomic E-state index is 10.9. The molecule has 1 N–H and O–H groups in total. The lowest BCUT2D eigenvalue weighted by molar-refractivity contribution is -0.142. The molecule has 4 heteroatoms. The second-order valence-electron chi connectivity index (χ2n) is 5.30. The average Bonchev–Trinajstić information content (AvgIpc) is 2.33. The van der Waals surface area contributed by atoms with Crippen LogP contribution in [0.5, 0.6) is 5.75 Å². The topological polar surface area (TPSA) is 47.6 Å². The van der Waals surface area contributed by atoms with Crippen molar-refractivity contribution in [3.63, 3.8) is 0 Å². The van der Waals surface area contributed by atoms with Crippen LogP contribution in [0.4, 0.5) is 5.69 Å². The van der Waals surface area contributed by atoms with Crippen LogP contribution in [0, 0.1) is 5.41 Å². The Kier molecular flexibility index (Phi) is 5.01. The number of methoxy groups -OCH3 is 1. The molecule has 0 unspecified atom stereocenters. The number of carbonyl (C=O) groups is 1. The summed E-state index contributed by atoms with van der Waals surface area (Å²) in [5, 5.41) is 3.34. The Balaban J connectivity index is 2.45. The predicted molar refractivity (Wildman–Crippen MR) is 71.9 cm³/mol. The summed E-state index contributed by atoms with van der Waals surface area (Å²) in [7, 11) is 1.34. The van der Waals surface area contributed by atoms with Crippen molar-refractivity contribution < 1.29 is 14.3 Å². The van der Waals surface area contributed by atoms with Crippen LogP contribution >= 0.6 is 0 Å². The highest BCUT2D eigenvalue weighted by Crippen LogP contribution is 2.18. The van der Waals surface area contributed by atoms with Gasteiger partial charge in [0.15, 0.2) is 6.61 Å². The zero-order valence-corrected chi connectivity index (χ0v) is 11.4. The van der Waals surface area contributed by atoms with Crippen molar-refractivity contribution in [2.45, 2.75) is 20.8 Å². The number of ether oxygens (including phenoxy) is 2. The Hall–Kier alpha value is -1.71. The lowest BCUT2D eigenvalue weighted by atomic mass is 9.97. The molecule has 1 rings (SSSR count). The van der Waals surface area contributed by atoms with Gasteiger partial charge < -0.3 is 14.8 Å². The number of anilines is 1. The van der Waals surface area contributed by atoms with Gasteiger partial charge in [0.05, 0.1) is 7.11 Å². The van der Waals surface area contributed by atoms with Gasteiger partial charge in [0.25, 0.3) is 0 Å². The van der Waals surface area contributed by atoms with Crippen LogP contribution in [-0.2, 0) is 9.53 Å². The molecule has 0 aliphatic carbocycles. The minimum atomic E-state index is -0.384. The number of rotatable bonds is 5. The van der Waals surface area contributed by atoms with Crippen molar-refractivity contribution in [1.29, 1.82) is 0 Å². The Bertz CT molecular complexity index is 379. The van der Waals surface area contributed by atoms with Crippen molar-refractivity contribution in [1.82, 2.24) is 0 Å². The van der Waals surface area contributed by atoms with Gasteiger partial charge in [-0.25, -0.2) is 4.79 Å². The Morgan fingerprint density at radius 3 is 2.33 bits per heavy atom. The van der Waals surface area contributed by atoms with Crippen LogP contribution in [0.15, 0.2) is 24.3 Å². The summed E-state index contributed by atoms with van der Waals surface area (Å²) in [5.74, 6) is 0.270. The van der Waals surface area contributed by atoms with E-state index in [2.05, 4.69) is 30.8 Å². The molecule has 18 heavy (non-hydrogen) atoms. The van der Waals surface area contributed by atoms with Crippen molar-refractivity contribution in [2.75, 3.05) is 25.6 Å².